The highest BCUT2D eigenvalue weighted by Gasteiger charge is 2.30. The Bertz CT molecular complexity index is 1990. The third kappa shape index (κ3) is 76.6. The number of phosphoric ester groups is 2. The number of hydrogen-bond acceptors (Lipinski definition) is 15. The Balaban J connectivity index is 5.22. The van der Waals surface area contributed by atoms with Gasteiger partial charge in [0.2, 0.25) is 0 Å². The summed E-state index contributed by atoms with van der Waals surface area (Å²) in [4.78, 5) is 73.1. The van der Waals surface area contributed by atoms with Crippen LogP contribution < -0.4 is 0 Å². The van der Waals surface area contributed by atoms with Crippen molar-refractivity contribution in [2.45, 2.75) is 458 Å². The van der Waals surface area contributed by atoms with E-state index in [-0.39, 0.29) is 25.7 Å². The standard InChI is InChI=1S/C84H164O17P2/c1-8-10-11-12-13-14-15-16-17-18-22-29-34-39-44-53-61-68-84(89)101-80(72-95-82(87)66-59-52-47-46-49-56-63-76(5)6)74-99-103(92,93)97-70-78(85)69-96-102(90,91)98-73-79(71-94-81(86)65-58-51-43-38-33-28-25-24-27-32-37-42-50-57-64-77(7)9-2)100-83(88)67-60-54-45-40-35-30-23-20-19-21-26-31-36-41-48-55-62-75(3)4/h75-80,85H,8-74H2,1-7H3,(H,90,91)(H,92,93)/t77?,78-,79-,80-/m1/s1. The van der Waals surface area contributed by atoms with E-state index in [4.69, 9.17) is 37.0 Å². The Hall–Kier alpha value is -1.94. The molecule has 0 aromatic heterocycles. The van der Waals surface area contributed by atoms with Gasteiger partial charge in [-0.15, -0.1) is 0 Å². The maximum atomic E-state index is 13.1. The van der Waals surface area contributed by atoms with Crippen LogP contribution in [-0.4, -0.2) is 96.7 Å². The second kappa shape index (κ2) is 74.2. The molecule has 6 atom stereocenters. The number of ether oxygens (including phenoxy) is 4. The highest BCUT2D eigenvalue weighted by Crippen LogP contribution is 2.45. The predicted octanol–water partition coefficient (Wildman–Crippen LogP) is 25.3. The average molecular weight is 1510 g/mol. The number of esters is 4. The molecule has 0 radical (unpaired) electrons. The Morgan fingerprint density at radius 3 is 0.738 bits per heavy atom. The van der Waals surface area contributed by atoms with Crippen molar-refractivity contribution in [1.29, 1.82) is 0 Å². The molecule has 103 heavy (non-hydrogen) atoms. The maximum Gasteiger partial charge on any atom is 0.472 e. The summed E-state index contributed by atoms with van der Waals surface area (Å²) in [5.41, 5.74) is 0. The van der Waals surface area contributed by atoms with Crippen LogP contribution in [0.1, 0.15) is 440 Å². The zero-order valence-corrected chi connectivity index (χ0v) is 69.6. The van der Waals surface area contributed by atoms with Crippen LogP contribution in [0.4, 0.5) is 0 Å². The smallest absolute Gasteiger partial charge is 0.462 e. The summed E-state index contributed by atoms with van der Waals surface area (Å²) < 4.78 is 68.8. The number of aliphatic hydroxyl groups is 1. The van der Waals surface area contributed by atoms with Crippen molar-refractivity contribution in [3.63, 3.8) is 0 Å². The van der Waals surface area contributed by atoms with Crippen molar-refractivity contribution in [2.24, 2.45) is 17.8 Å². The van der Waals surface area contributed by atoms with Crippen LogP contribution in [0.3, 0.4) is 0 Å². The van der Waals surface area contributed by atoms with E-state index >= 15 is 0 Å². The van der Waals surface area contributed by atoms with E-state index in [9.17, 15) is 43.2 Å². The molecule has 0 fully saturated rings. The van der Waals surface area contributed by atoms with Crippen LogP contribution in [0.2, 0.25) is 0 Å². The molecule has 0 saturated heterocycles. The molecule has 0 aromatic carbocycles. The van der Waals surface area contributed by atoms with Gasteiger partial charge in [-0.3, -0.25) is 37.3 Å². The fourth-order valence-electron chi connectivity index (χ4n) is 13.0. The summed E-state index contributed by atoms with van der Waals surface area (Å²) in [7, 11) is -9.92. The summed E-state index contributed by atoms with van der Waals surface area (Å²) >= 11 is 0. The average Bonchev–Trinajstić information content (AvgIpc) is 0.922. The quantitative estimate of drug-likeness (QED) is 0.0222. The van der Waals surface area contributed by atoms with Crippen LogP contribution in [0.15, 0.2) is 0 Å². The largest absolute Gasteiger partial charge is 0.472 e. The first-order valence-electron chi connectivity index (χ1n) is 43.4. The minimum Gasteiger partial charge on any atom is -0.462 e. The Morgan fingerprint density at radius 1 is 0.282 bits per heavy atom. The molecule has 19 heteroatoms. The van der Waals surface area contributed by atoms with Gasteiger partial charge in [0, 0.05) is 25.7 Å². The second-order valence-corrected chi connectivity index (χ2v) is 34.3. The van der Waals surface area contributed by atoms with Crippen molar-refractivity contribution in [3.05, 3.63) is 0 Å². The van der Waals surface area contributed by atoms with Gasteiger partial charge in [-0.25, -0.2) is 9.13 Å². The van der Waals surface area contributed by atoms with E-state index in [1.165, 1.54) is 244 Å². The van der Waals surface area contributed by atoms with Gasteiger partial charge in [0.15, 0.2) is 12.2 Å². The molecule has 0 saturated carbocycles. The zero-order valence-electron chi connectivity index (χ0n) is 67.8. The summed E-state index contributed by atoms with van der Waals surface area (Å²) in [6.07, 6.45) is 63.9. The minimum absolute atomic E-state index is 0.107. The predicted molar refractivity (Wildman–Crippen MR) is 423 cm³/mol. The third-order valence-corrected chi connectivity index (χ3v) is 21.9. The first-order chi connectivity index (χ1) is 49.8. The highest BCUT2D eigenvalue weighted by atomic mass is 31.2. The molecular formula is C84H164O17P2. The van der Waals surface area contributed by atoms with E-state index in [0.29, 0.717) is 31.6 Å². The van der Waals surface area contributed by atoms with Gasteiger partial charge in [-0.05, 0) is 43.4 Å². The van der Waals surface area contributed by atoms with Crippen molar-refractivity contribution in [3.8, 4) is 0 Å². The van der Waals surface area contributed by atoms with E-state index in [0.717, 1.165) is 108 Å². The lowest BCUT2D eigenvalue weighted by atomic mass is 9.99. The molecule has 0 amide bonds. The molecular weight excluding hydrogens is 1340 g/mol. The first-order valence-corrected chi connectivity index (χ1v) is 46.4. The van der Waals surface area contributed by atoms with Crippen molar-refractivity contribution in [1.82, 2.24) is 0 Å². The lowest BCUT2D eigenvalue weighted by Crippen LogP contribution is -2.30. The molecule has 0 heterocycles. The van der Waals surface area contributed by atoms with Gasteiger partial charge in [0.05, 0.1) is 26.4 Å². The molecule has 17 nitrogen and oxygen atoms in total. The summed E-state index contributed by atoms with van der Waals surface area (Å²) in [6.45, 7) is 12.0. The molecule has 0 aliphatic rings. The Labute approximate surface area is 632 Å². The monoisotopic (exact) mass is 1510 g/mol. The number of unbranched alkanes of at least 4 members (excludes halogenated alkanes) is 49. The summed E-state index contributed by atoms with van der Waals surface area (Å²) in [5, 5.41) is 10.7. The molecule has 0 aliphatic carbocycles. The first kappa shape index (κ1) is 101. The normalized spacial score (nSPS) is 14.2. The molecule has 3 N–H and O–H groups in total. The van der Waals surface area contributed by atoms with Gasteiger partial charge in [0.1, 0.15) is 19.3 Å². The fraction of sp³-hybridized carbons (Fsp3) is 0.952. The van der Waals surface area contributed by atoms with Crippen molar-refractivity contribution < 1.29 is 80.2 Å². The molecule has 0 aliphatic heterocycles. The Kier molecular flexibility index (Phi) is 72.8. The summed E-state index contributed by atoms with van der Waals surface area (Å²) in [6, 6.07) is 0. The van der Waals surface area contributed by atoms with E-state index in [2.05, 4.69) is 48.5 Å². The molecule has 0 rings (SSSR count). The third-order valence-electron chi connectivity index (χ3n) is 20.0. The van der Waals surface area contributed by atoms with Crippen LogP contribution in [0.25, 0.3) is 0 Å². The maximum absolute atomic E-state index is 13.1. The number of rotatable bonds is 82. The number of aliphatic hydroxyl groups excluding tert-OH is 1. The number of carbonyl (C=O) groups excluding carboxylic acids is 4. The molecule has 612 valence electrons. The number of phosphoric acid groups is 2. The van der Waals surface area contributed by atoms with Crippen molar-refractivity contribution >= 4 is 39.5 Å². The molecule has 0 spiro atoms. The number of carbonyl (C=O) groups is 4. The lowest BCUT2D eigenvalue weighted by molar-refractivity contribution is -0.161. The van der Waals surface area contributed by atoms with Crippen LogP contribution in [0.5, 0.6) is 0 Å². The summed E-state index contributed by atoms with van der Waals surface area (Å²) in [5.74, 6) is 0.230. The second-order valence-electron chi connectivity index (χ2n) is 31.4. The molecule has 0 aromatic rings. The van der Waals surface area contributed by atoms with Crippen molar-refractivity contribution in [2.75, 3.05) is 39.6 Å². The highest BCUT2D eigenvalue weighted by molar-refractivity contribution is 7.47. The van der Waals surface area contributed by atoms with Gasteiger partial charge in [-0.1, -0.05) is 389 Å². The van der Waals surface area contributed by atoms with Crippen LogP contribution in [-0.2, 0) is 65.4 Å². The van der Waals surface area contributed by atoms with E-state index in [1.807, 2.05) is 0 Å². The molecule has 0 bridgehead atoms. The number of hydrogen-bond donors (Lipinski definition) is 3. The SMILES string of the molecule is CCCCCCCCCCCCCCCCCCCC(=O)O[C@H](COC(=O)CCCCCCCCC(C)C)COP(=O)(O)OC[C@H](O)COP(=O)(O)OC[C@@H](COC(=O)CCCCCCCCCCCCCCCCC(C)CC)OC(=O)CCCCCCCCCCCCCCCCCCC(C)C. The molecule has 3 unspecified atom stereocenters. The fourth-order valence-corrected chi connectivity index (χ4v) is 14.6. The van der Waals surface area contributed by atoms with Gasteiger partial charge < -0.3 is 33.8 Å². The minimum atomic E-state index is -4.96. The topological polar surface area (TPSA) is 237 Å². The van der Waals surface area contributed by atoms with E-state index in [1.54, 1.807) is 0 Å². The van der Waals surface area contributed by atoms with Crippen LogP contribution >= 0.6 is 15.6 Å². The van der Waals surface area contributed by atoms with Gasteiger partial charge in [0.25, 0.3) is 0 Å². The van der Waals surface area contributed by atoms with Gasteiger partial charge in [-0.2, -0.15) is 0 Å². The Morgan fingerprint density at radius 2 is 0.495 bits per heavy atom. The lowest BCUT2D eigenvalue weighted by Gasteiger charge is -2.21. The van der Waals surface area contributed by atoms with Crippen LogP contribution in [0, 0.1) is 17.8 Å². The zero-order chi connectivity index (χ0) is 75.8. The van der Waals surface area contributed by atoms with E-state index < -0.39 is 97.5 Å². The van der Waals surface area contributed by atoms with Gasteiger partial charge >= 0.3 is 39.5 Å².